The minimum Gasteiger partial charge on any atom is -0.496 e. The van der Waals surface area contributed by atoms with E-state index in [1.165, 1.54) is 0 Å². The first kappa shape index (κ1) is 25.1. The van der Waals surface area contributed by atoms with Crippen molar-refractivity contribution in [1.29, 1.82) is 0 Å². The van der Waals surface area contributed by atoms with Crippen LogP contribution in [0, 0.1) is 0 Å². The van der Waals surface area contributed by atoms with Gasteiger partial charge in [-0.2, -0.15) is 0 Å². The van der Waals surface area contributed by atoms with E-state index < -0.39 is 15.1 Å². The molecule has 1 fully saturated rings. The fraction of sp³-hybridized carbons (Fsp3) is 0.321. The maximum Gasteiger partial charge on any atom is 0.182 e. The van der Waals surface area contributed by atoms with Crippen LogP contribution in [0.4, 0.5) is 17.1 Å². The first-order valence-electron chi connectivity index (χ1n) is 12.5. The molecular weight excluding hydrogens is 488 g/mol. The number of benzene rings is 2. The maximum absolute atomic E-state index is 13.0. The molecule has 1 saturated heterocycles. The summed E-state index contributed by atoms with van der Waals surface area (Å²) in [5.41, 5.74) is 4.50. The average Bonchev–Trinajstić information content (AvgIpc) is 3.38. The highest BCUT2D eigenvalue weighted by atomic mass is 32.2. The van der Waals surface area contributed by atoms with Gasteiger partial charge in [0, 0.05) is 42.0 Å². The van der Waals surface area contributed by atoms with Gasteiger partial charge in [0.1, 0.15) is 11.4 Å². The van der Waals surface area contributed by atoms with Gasteiger partial charge in [-0.05, 0) is 63.1 Å². The number of hydrogen-bond acceptors (Lipinski definition) is 7. The van der Waals surface area contributed by atoms with E-state index in [1.54, 1.807) is 39.2 Å². The molecule has 0 saturated carbocycles. The van der Waals surface area contributed by atoms with E-state index in [9.17, 15) is 13.5 Å². The van der Waals surface area contributed by atoms with Crippen LogP contribution in [0.2, 0.25) is 0 Å². The Balaban J connectivity index is 1.55. The smallest absolute Gasteiger partial charge is 0.182 e. The molecule has 8 nitrogen and oxygen atoms in total. The number of hydrogen-bond donors (Lipinski definition) is 3. The summed E-state index contributed by atoms with van der Waals surface area (Å²) in [6.07, 6.45) is 3.07. The molecule has 1 aliphatic rings. The maximum atomic E-state index is 13.0. The van der Waals surface area contributed by atoms with Gasteiger partial charge in [-0.3, -0.25) is 0 Å². The third kappa shape index (κ3) is 4.89. The number of pyridine rings is 1. The van der Waals surface area contributed by atoms with Gasteiger partial charge in [-0.15, -0.1) is 0 Å². The van der Waals surface area contributed by atoms with Crippen LogP contribution in [0.25, 0.3) is 22.3 Å². The first-order chi connectivity index (χ1) is 17.8. The van der Waals surface area contributed by atoms with Gasteiger partial charge >= 0.3 is 0 Å². The van der Waals surface area contributed by atoms with Crippen LogP contribution in [0.5, 0.6) is 5.75 Å². The molecule has 0 atom stereocenters. The minimum absolute atomic E-state index is 0.235. The van der Waals surface area contributed by atoms with E-state index in [0.717, 1.165) is 48.3 Å². The van der Waals surface area contributed by atoms with Crippen LogP contribution in [0.3, 0.4) is 0 Å². The molecule has 0 bridgehead atoms. The number of aliphatic hydroxyl groups excluding tert-OH is 1. The summed E-state index contributed by atoms with van der Waals surface area (Å²) in [7, 11) is -1.84. The van der Waals surface area contributed by atoms with E-state index in [4.69, 9.17) is 9.72 Å². The van der Waals surface area contributed by atoms with Crippen LogP contribution in [0.1, 0.15) is 26.7 Å². The molecule has 3 N–H and O–H groups in total. The number of sulfone groups is 1. The molecule has 37 heavy (non-hydrogen) atoms. The van der Waals surface area contributed by atoms with Crippen molar-refractivity contribution in [3.05, 3.63) is 60.8 Å². The molecule has 0 amide bonds. The second-order valence-corrected chi connectivity index (χ2v) is 12.1. The average molecular weight is 521 g/mol. The van der Waals surface area contributed by atoms with Crippen molar-refractivity contribution in [3.8, 4) is 17.0 Å². The van der Waals surface area contributed by atoms with Crippen molar-refractivity contribution in [2.45, 2.75) is 42.9 Å². The Kier molecular flexibility index (Phi) is 6.83. The van der Waals surface area contributed by atoms with Crippen molar-refractivity contribution in [2.24, 2.45) is 0 Å². The SMILES string of the molecule is COc1cc(N2CCC(O)CC2)ccc1-c1cc(Nc2ccccc2S(=O)(=O)C(C)C)c2cc[nH]c2n1. The lowest BCUT2D eigenvalue weighted by Crippen LogP contribution is -2.35. The zero-order valence-electron chi connectivity index (χ0n) is 21.2. The van der Waals surface area contributed by atoms with Crippen molar-refractivity contribution in [1.82, 2.24) is 9.97 Å². The van der Waals surface area contributed by atoms with Gasteiger partial charge in [-0.1, -0.05) is 12.1 Å². The lowest BCUT2D eigenvalue weighted by molar-refractivity contribution is 0.145. The topological polar surface area (TPSA) is 108 Å². The number of anilines is 3. The number of rotatable bonds is 7. The fourth-order valence-electron chi connectivity index (χ4n) is 4.71. The molecule has 5 rings (SSSR count). The number of para-hydroxylation sites is 1. The lowest BCUT2D eigenvalue weighted by Gasteiger charge is -2.31. The van der Waals surface area contributed by atoms with Gasteiger partial charge < -0.3 is 25.0 Å². The number of aliphatic hydroxyl groups is 1. The standard InChI is InChI=1S/C28H32N4O4S/c1-18(2)37(34,35)27-7-5-4-6-23(27)30-25-17-24(31-28-22(25)10-13-29-28)21-9-8-19(16-26(21)36-3)32-14-11-20(33)12-15-32/h4-10,13,16-18,20,33H,11-12,14-15H2,1-3H3,(H2,29,30,31). The van der Waals surface area contributed by atoms with Crippen LogP contribution < -0.4 is 15.0 Å². The van der Waals surface area contributed by atoms with E-state index in [2.05, 4.69) is 15.2 Å². The molecule has 0 aliphatic carbocycles. The van der Waals surface area contributed by atoms with Crippen LogP contribution in [-0.2, 0) is 9.84 Å². The van der Waals surface area contributed by atoms with Crippen molar-refractivity contribution in [2.75, 3.05) is 30.4 Å². The van der Waals surface area contributed by atoms with Crippen LogP contribution >= 0.6 is 0 Å². The van der Waals surface area contributed by atoms with Crippen molar-refractivity contribution < 1.29 is 18.3 Å². The molecule has 3 heterocycles. The van der Waals surface area contributed by atoms with Crippen molar-refractivity contribution in [3.63, 3.8) is 0 Å². The van der Waals surface area contributed by atoms with Gasteiger partial charge in [-0.25, -0.2) is 13.4 Å². The first-order valence-corrected chi connectivity index (χ1v) is 14.0. The van der Waals surface area contributed by atoms with E-state index >= 15 is 0 Å². The van der Waals surface area contributed by atoms with E-state index in [1.807, 2.05) is 42.6 Å². The highest BCUT2D eigenvalue weighted by molar-refractivity contribution is 7.92. The second-order valence-electron chi connectivity index (χ2n) is 9.61. The van der Waals surface area contributed by atoms with Gasteiger partial charge in [0.2, 0.25) is 0 Å². The molecular formula is C28H32N4O4S. The summed E-state index contributed by atoms with van der Waals surface area (Å²) in [5, 5.41) is 13.5. The minimum atomic E-state index is -3.49. The normalized spacial score (nSPS) is 14.9. The molecule has 2 aromatic heterocycles. The Morgan fingerprint density at radius 2 is 1.84 bits per heavy atom. The van der Waals surface area contributed by atoms with E-state index in [-0.39, 0.29) is 11.0 Å². The van der Waals surface area contributed by atoms with Gasteiger partial charge in [0.15, 0.2) is 9.84 Å². The molecule has 4 aromatic rings. The number of nitrogens with one attached hydrogen (secondary N) is 2. The van der Waals surface area contributed by atoms with Crippen LogP contribution in [-0.4, -0.2) is 55.0 Å². The fourth-order valence-corrected chi connectivity index (χ4v) is 5.91. The molecule has 1 aliphatic heterocycles. The highest BCUT2D eigenvalue weighted by Crippen LogP contribution is 2.38. The number of methoxy groups -OCH3 is 1. The third-order valence-electron chi connectivity index (χ3n) is 6.90. The second kappa shape index (κ2) is 10.1. The summed E-state index contributed by atoms with van der Waals surface area (Å²) >= 11 is 0. The summed E-state index contributed by atoms with van der Waals surface area (Å²) in [4.78, 5) is 10.5. The number of fused-ring (bicyclic) bond motifs is 1. The molecule has 194 valence electrons. The Bertz CT molecular complexity index is 1520. The predicted octanol–water partition coefficient (Wildman–Crippen LogP) is 5.13. The predicted molar refractivity (Wildman–Crippen MR) is 148 cm³/mol. The number of nitrogens with zero attached hydrogens (tertiary/aromatic N) is 2. The highest BCUT2D eigenvalue weighted by Gasteiger charge is 2.23. The Morgan fingerprint density at radius 1 is 1.08 bits per heavy atom. The summed E-state index contributed by atoms with van der Waals surface area (Å²) in [6, 6.07) is 16.9. The summed E-state index contributed by atoms with van der Waals surface area (Å²) < 4.78 is 31.8. The third-order valence-corrected chi connectivity index (χ3v) is 9.11. The van der Waals surface area contributed by atoms with Crippen molar-refractivity contribution >= 4 is 37.9 Å². The molecule has 0 radical (unpaired) electrons. The van der Waals surface area contributed by atoms with Gasteiger partial charge in [0.25, 0.3) is 0 Å². The van der Waals surface area contributed by atoms with Crippen LogP contribution in [0.15, 0.2) is 65.7 Å². The zero-order valence-corrected chi connectivity index (χ0v) is 22.0. The number of piperidine rings is 1. The van der Waals surface area contributed by atoms with E-state index in [0.29, 0.717) is 22.8 Å². The molecule has 9 heteroatoms. The molecule has 2 aromatic carbocycles. The number of aromatic nitrogens is 2. The largest absolute Gasteiger partial charge is 0.496 e. The molecule has 0 unspecified atom stereocenters. The monoisotopic (exact) mass is 520 g/mol. The molecule has 0 spiro atoms. The quantitative estimate of drug-likeness (QED) is 0.310. The Hall–Kier alpha value is -3.56. The number of H-pyrrole nitrogens is 1. The summed E-state index contributed by atoms with van der Waals surface area (Å²) in [5.74, 6) is 0.691. The Labute approximate surface area is 217 Å². The lowest BCUT2D eigenvalue weighted by atomic mass is 10.0. The zero-order chi connectivity index (χ0) is 26.2. The van der Waals surface area contributed by atoms with Gasteiger partial charge in [0.05, 0.1) is 40.4 Å². The number of ether oxygens (including phenoxy) is 1. The summed E-state index contributed by atoms with van der Waals surface area (Å²) in [6.45, 7) is 4.96. The Morgan fingerprint density at radius 3 is 2.57 bits per heavy atom. The number of aromatic amines is 1.